The summed E-state index contributed by atoms with van der Waals surface area (Å²) in [5, 5.41) is 0. The lowest BCUT2D eigenvalue weighted by atomic mass is 9.68. The Morgan fingerprint density at radius 3 is 2.68 bits per heavy atom. The standard InChI is InChI=1S/C20H26N2O3/c21-18(23)17-13-22(8-9-25-17)19(24)20(11-14-4-2-1-3-5-14)12-15-6-7-16(20)10-15/h1-5,15-17H,6-13H2,(H2,21,23)/t15-,16-,17+,20-/m0/s1. The van der Waals surface area contributed by atoms with Gasteiger partial charge in [0.2, 0.25) is 11.8 Å². The number of nitrogens with zero attached hydrogens (tertiary/aromatic N) is 1. The highest BCUT2D eigenvalue weighted by Gasteiger charge is 2.56. The van der Waals surface area contributed by atoms with Gasteiger partial charge in [-0.25, -0.2) is 0 Å². The van der Waals surface area contributed by atoms with Gasteiger partial charge in [0.05, 0.1) is 18.6 Å². The van der Waals surface area contributed by atoms with Crippen LogP contribution >= 0.6 is 0 Å². The molecule has 4 atom stereocenters. The highest BCUT2D eigenvalue weighted by Crippen LogP contribution is 2.58. The molecule has 2 aliphatic carbocycles. The van der Waals surface area contributed by atoms with E-state index in [0.29, 0.717) is 31.5 Å². The van der Waals surface area contributed by atoms with Crippen molar-refractivity contribution in [2.24, 2.45) is 23.0 Å². The third-order valence-corrected chi connectivity index (χ3v) is 6.43. The quantitative estimate of drug-likeness (QED) is 0.906. The molecule has 2 amide bonds. The Morgan fingerprint density at radius 2 is 2.04 bits per heavy atom. The van der Waals surface area contributed by atoms with Crippen LogP contribution in [-0.2, 0) is 20.7 Å². The molecule has 0 aromatic heterocycles. The van der Waals surface area contributed by atoms with E-state index in [1.54, 1.807) is 0 Å². The molecule has 134 valence electrons. The first-order chi connectivity index (χ1) is 12.1. The predicted molar refractivity (Wildman–Crippen MR) is 93.5 cm³/mol. The van der Waals surface area contributed by atoms with Crippen molar-refractivity contribution in [3.05, 3.63) is 35.9 Å². The molecule has 0 spiro atoms. The van der Waals surface area contributed by atoms with Crippen molar-refractivity contribution in [3.8, 4) is 0 Å². The Labute approximate surface area is 148 Å². The van der Waals surface area contributed by atoms with Gasteiger partial charge in [0.1, 0.15) is 0 Å². The van der Waals surface area contributed by atoms with Crippen LogP contribution in [0.25, 0.3) is 0 Å². The van der Waals surface area contributed by atoms with Gasteiger partial charge in [-0.15, -0.1) is 0 Å². The molecule has 2 bridgehead atoms. The molecule has 5 nitrogen and oxygen atoms in total. The van der Waals surface area contributed by atoms with E-state index >= 15 is 0 Å². The van der Waals surface area contributed by atoms with Gasteiger partial charge in [-0.1, -0.05) is 36.8 Å². The van der Waals surface area contributed by atoms with Gasteiger partial charge >= 0.3 is 0 Å². The van der Waals surface area contributed by atoms with E-state index in [0.717, 1.165) is 19.3 Å². The number of carbonyl (C=O) groups excluding carboxylic acids is 2. The van der Waals surface area contributed by atoms with Crippen LogP contribution in [0.5, 0.6) is 0 Å². The maximum Gasteiger partial charge on any atom is 0.248 e. The summed E-state index contributed by atoms with van der Waals surface area (Å²) < 4.78 is 5.43. The van der Waals surface area contributed by atoms with Crippen molar-refractivity contribution < 1.29 is 14.3 Å². The second-order valence-corrected chi connectivity index (χ2v) is 7.91. The fourth-order valence-corrected chi connectivity index (χ4v) is 5.28. The van der Waals surface area contributed by atoms with Gasteiger partial charge in [-0.3, -0.25) is 9.59 Å². The summed E-state index contributed by atoms with van der Waals surface area (Å²) in [7, 11) is 0. The molecule has 1 heterocycles. The zero-order chi connectivity index (χ0) is 17.4. The van der Waals surface area contributed by atoms with Gasteiger partial charge < -0.3 is 15.4 Å². The van der Waals surface area contributed by atoms with E-state index in [2.05, 4.69) is 12.1 Å². The number of nitrogens with two attached hydrogens (primary N) is 1. The molecule has 1 aliphatic heterocycles. The Bertz CT molecular complexity index is 662. The fourth-order valence-electron chi connectivity index (χ4n) is 5.28. The molecular formula is C20H26N2O3. The Hall–Kier alpha value is -1.88. The zero-order valence-electron chi connectivity index (χ0n) is 14.5. The van der Waals surface area contributed by atoms with E-state index < -0.39 is 12.0 Å². The molecular weight excluding hydrogens is 316 g/mol. The predicted octanol–water partition coefficient (Wildman–Crippen LogP) is 1.75. The topological polar surface area (TPSA) is 72.6 Å². The van der Waals surface area contributed by atoms with Crippen LogP contribution in [0, 0.1) is 17.3 Å². The van der Waals surface area contributed by atoms with E-state index in [9.17, 15) is 9.59 Å². The molecule has 2 saturated carbocycles. The van der Waals surface area contributed by atoms with Gasteiger partial charge in [0.25, 0.3) is 0 Å². The van der Waals surface area contributed by atoms with Crippen LogP contribution in [0.3, 0.4) is 0 Å². The second kappa shape index (κ2) is 6.45. The van der Waals surface area contributed by atoms with Gasteiger partial charge in [0.15, 0.2) is 6.10 Å². The number of amides is 2. The first-order valence-corrected chi connectivity index (χ1v) is 9.33. The minimum atomic E-state index is -0.676. The molecule has 3 fully saturated rings. The number of hydrogen-bond acceptors (Lipinski definition) is 3. The molecule has 1 aromatic carbocycles. The second-order valence-electron chi connectivity index (χ2n) is 7.91. The molecule has 1 aromatic rings. The van der Waals surface area contributed by atoms with Crippen molar-refractivity contribution >= 4 is 11.8 Å². The smallest absolute Gasteiger partial charge is 0.248 e. The number of fused-ring (bicyclic) bond motifs is 2. The number of carbonyl (C=O) groups is 2. The number of morpholine rings is 1. The van der Waals surface area contributed by atoms with E-state index in [4.69, 9.17) is 10.5 Å². The van der Waals surface area contributed by atoms with Gasteiger partial charge in [-0.05, 0) is 43.1 Å². The maximum absolute atomic E-state index is 13.6. The average molecular weight is 342 g/mol. The lowest BCUT2D eigenvalue weighted by Crippen LogP contribution is -2.56. The van der Waals surface area contributed by atoms with Crippen LogP contribution in [0.15, 0.2) is 30.3 Å². The molecule has 3 aliphatic rings. The van der Waals surface area contributed by atoms with Crippen LogP contribution in [0.1, 0.15) is 31.2 Å². The first-order valence-electron chi connectivity index (χ1n) is 9.33. The maximum atomic E-state index is 13.6. The highest BCUT2D eigenvalue weighted by atomic mass is 16.5. The summed E-state index contributed by atoms with van der Waals surface area (Å²) >= 11 is 0. The summed E-state index contributed by atoms with van der Waals surface area (Å²) in [4.78, 5) is 26.9. The highest BCUT2D eigenvalue weighted by molar-refractivity contribution is 5.86. The normalized spacial score (nSPS) is 34.2. The number of rotatable bonds is 4. The van der Waals surface area contributed by atoms with Crippen molar-refractivity contribution in [2.45, 2.75) is 38.2 Å². The molecule has 1 saturated heterocycles. The lowest BCUT2D eigenvalue weighted by Gasteiger charge is -2.42. The molecule has 5 heteroatoms. The largest absolute Gasteiger partial charge is 0.367 e. The zero-order valence-corrected chi connectivity index (χ0v) is 14.5. The van der Waals surface area contributed by atoms with Gasteiger partial charge in [0, 0.05) is 6.54 Å². The van der Waals surface area contributed by atoms with Crippen LogP contribution in [-0.4, -0.2) is 42.5 Å². The van der Waals surface area contributed by atoms with E-state index in [-0.39, 0.29) is 11.3 Å². The average Bonchev–Trinajstić information content (AvgIpc) is 3.23. The molecule has 4 rings (SSSR count). The third-order valence-electron chi connectivity index (χ3n) is 6.43. The number of benzene rings is 1. The molecule has 0 radical (unpaired) electrons. The van der Waals surface area contributed by atoms with Crippen molar-refractivity contribution in [2.75, 3.05) is 19.7 Å². The summed E-state index contributed by atoms with van der Waals surface area (Å²) in [5.41, 5.74) is 6.31. The molecule has 25 heavy (non-hydrogen) atoms. The van der Waals surface area contributed by atoms with Crippen LogP contribution < -0.4 is 5.73 Å². The minimum absolute atomic E-state index is 0.207. The number of hydrogen-bond donors (Lipinski definition) is 1. The molecule has 0 unspecified atom stereocenters. The van der Waals surface area contributed by atoms with E-state index in [1.807, 2.05) is 23.1 Å². The summed E-state index contributed by atoms with van der Waals surface area (Å²) in [5.74, 6) is 0.853. The number of primary amides is 1. The monoisotopic (exact) mass is 342 g/mol. The Morgan fingerprint density at radius 1 is 1.24 bits per heavy atom. The minimum Gasteiger partial charge on any atom is -0.367 e. The summed E-state index contributed by atoms with van der Waals surface area (Å²) in [6.45, 7) is 1.23. The van der Waals surface area contributed by atoms with Gasteiger partial charge in [-0.2, -0.15) is 0 Å². The summed E-state index contributed by atoms with van der Waals surface area (Å²) in [6, 6.07) is 10.3. The fraction of sp³-hybridized carbons (Fsp3) is 0.600. The molecule has 2 N–H and O–H groups in total. The number of ether oxygens (including phenoxy) is 1. The van der Waals surface area contributed by atoms with Crippen LogP contribution in [0.2, 0.25) is 0 Å². The van der Waals surface area contributed by atoms with Crippen molar-refractivity contribution in [3.63, 3.8) is 0 Å². The van der Waals surface area contributed by atoms with Crippen molar-refractivity contribution in [1.29, 1.82) is 0 Å². The van der Waals surface area contributed by atoms with Crippen LogP contribution in [0.4, 0.5) is 0 Å². The third kappa shape index (κ3) is 2.95. The summed E-state index contributed by atoms with van der Waals surface area (Å²) in [6.07, 6.45) is 4.66. The SMILES string of the molecule is NC(=O)[C@H]1CN(C(=O)[C@@]2(Cc3ccccc3)C[C@H]3CC[C@H]2C3)CCO1. The first kappa shape index (κ1) is 16.6. The van der Waals surface area contributed by atoms with E-state index in [1.165, 1.54) is 18.4 Å². The van der Waals surface area contributed by atoms with Crippen molar-refractivity contribution in [1.82, 2.24) is 4.90 Å². The lowest BCUT2D eigenvalue weighted by molar-refractivity contribution is -0.156. The Balaban J connectivity index is 1.60. The Kier molecular flexibility index (Phi) is 4.28.